The molecule has 1 aliphatic heterocycles. The number of para-hydroxylation sites is 5. The summed E-state index contributed by atoms with van der Waals surface area (Å²) in [5.41, 5.74) is 8.50. The van der Waals surface area contributed by atoms with Crippen LogP contribution >= 0.6 is 0 Å². The average Bonchev–Trinajstić information content (AvgIpc) is 4.05. The molecule has 1 saturated carbocycles. The van der Waals surface area contributed by atoms with Crippen molar-refractivity contribution in [2.45, 2.75) is 37.4 Å². The van der Waals surface area contributed by atoms with Gasteiger partial charge in [-0.25, -0.2) is 4.98 Å². The molecule has 2 aliphatic rings. The van der Waals surface area contributed by atoms with Gasteiger partial charge < -0.3 is 23.7 Å². The molecule has 0 spiro atoms. The summed E-state index contributed by atoms with van der Waals surface area (Å²) >= 11 is 0. The van der Waals surface area contributed by atoms with E-state index in [-0.39, 0.29) is 33.9 Å². The van der Waals surface area contributed by atoms with E-state index in [2.05, 4.69) is 130 Å². The molecular weight excluding hydrogens is 1000 g/mol. The van der Waals surface area contributed by atoms with Crippen LogP contribution in [0.2, 0.25) is 0 Å². The molecule has 3 aromatic heterocycles. The van der Waals surface area contributed by atoms with Crippen molar-refractivity contribution in [3.05, 3.63) is 230 Å². The van der Waals surface area contributed by atoms with Crippen molar-refractivity contribution >= 4 is 66.4 Å². The van der Waals surface area contributed by atoms with Gasteiger partial charge >= 0.3 is 0 Å². The van der Waals surface area contributed by atoms with E-state index in [4.69, 9.17) is 9.72 Å². The van der Waals surface area contributed by atoms with Gasteiger partial charge in [-0.2, -0.15) is 12.1 Å². The first-order chi connectivity index (χ1) is 34.2. The van der Waals surface area contributed by atoms with Crippen molar-refractivity contribution < 1.29 is 31.3 Å². The van der Waals surface area contributed by atoms with Crippen molar-refractivity contribution in [1.82, 2.24) is 14.1 Å². The predicted octanol–water partition coefficient (Wildman–Crippen LogP) is 15.3. The normalized spacial score (nSPS) is 16.8. The number of aromatic nitrogens is 3. The minimum Gasteiger partial charge on any atom is -0.509 e. The zero-order chi connectivity index (χ0) is 47.2. The summed E-state index contributed by atoms with van der Waals surface area (Å²) in [4.78, 5) is 9.22. The Labute approximate surface area is 410 Å². The first kappa shape index (κ1) is 36.8. The van der Waals surface area contributed by atoms with Crippen molar-refractivity contribution in [3.8, 4) is 23.0 Å². The van der Waals surface area contributed by atoms with Gasteiger partial charge in [0.1, 0.15) is 5.82 Å². The van der Waals surface area contributed by atoms with Crippen LogP contribution in [0.3, 0.4) is 0 Å². The van der Waals surface area contributed by atoms with E-state index in [1.54, 1.807) is 12.3 Å². The van der Waals surface area contributed by atoms with Crippen LogP contribution in [0.4, 0.5) is 22.7 Å². The van der Waals surface area contributed by atoms with Crippen molar-refractivity contribution in [2.75, 3.05) is 9.80 Å². The van der Waals surface area contributed by atoms with Gasteiger partial charge in [0, 0.05) is 88.7 Å². The zero-order valence-corrected chi connectivity index (χ0v) is 38.5. The molecule has 1 aliphatic carbocycles. The third kappa shape index (κ3) is 6.85. The van der Waals surface area contributed by atoms with Gasteiger partial charge in [0.15, 0.2) is 0 Å². The number of hydrogen-bond donors (Lipinski definition) is 0. The summed E-state index contributed by atoms with van der Waals surface area (Å²) in [6, 6.07) is 72.2. The van der Waals surface area contributed by atoms with Crippen molar-refractivity contribution in [2.24, 2.45) is 0 Å². The van der Waals surface area contributed by atoms with Gasteiger partial charge in [0.05, 0.1) is 11.0 Å². The second kappa shape index (κ2) is 16.8. The number of rotatable bonds is 8. The summed E-state index contributed by atoms with van der Waals surface area (Å²) in [6.45, 7) is 2.10. The van der Waals surface area contributed by atoms with Gasteiger partial charge in [-0.05, 0) is 96.0 Å². The molecule has 6 nitrogen and oxygen atoms in total. The predicted molar refractivity (Wildman–Crippen MR) is 269 cm³/mol. The molecule has 8 aromatic carbocycles. The number of nitrogens with zero attached hydrogens (tertiary/aromatic N) is 5. The van der Waals surface area contributed by atoms with Gasteiger partial charge in [0.2, 0.25) is 0 Å². The molecular formula is C60H44N5OPt-3. The van der Waals surface area contributed by atoms with Crippen LogP contribution in [0.1, 0.15) is 48.6 Å². The Hall–Kier alpha value is -7.40. The van der Waals surface area contributed by atoms with E-state index in [1.807, 2.05) is 95.6 Å². The van der Waals surface area contributed by atoms with Gasteiger partial charge in [-0.3, -0.25) is 0 Å². The number of fused-ring (bicyclic) bond motifs is 7. The van der Waals surface area contributed by atoms with Crippen molar-refractivity contribution in [1.29, 1.82) is 0 Å². The fraction of sp³-hybridized carbons (Fsp3) is 0.100. The summed E-state index contributed by atoms with van der Waals surface area (Å²) in [6.07, 6.45) is -1.17. The van der Waals surface area contributed by atoms with Crippen LogP contribution in [0, 0.1) is 18.8 Å². The Kier molecular flexibility index (Phi) is 9.22. The third-order valence-electron chi connectivity index (χ3n) is 13.1. The van der Waals surface area contributed by atoms with E-state index < -0.39 is 18.2 Å². The SMILES string of the molecule is [2H]C1([2H])CCCC([2H])([2H])C1(c1ccccc1)c1ccnc(-n2c3[c-]c(Oc4[c-]c(N5[CH-]N(c6ccc(-n7c8ccccc8c8ccccc87)cc6)c6ccccc65)ccc4)ccc3c3ccccc32)c1.[Pt]. The molecule has 0 bridgehead atoms. The standard InChI is InChI=1S/C60H44N5O.Pt/c1-3-16-42(17-4-1)60(35-13-2-14-36-60)43-34-37-61-59(38-43)65-55-25-10-7-22-51(55)52-33-32-48(40-58(52)65)66-47-19-15-18-46(39-47)63-41-62(56-26-11-12-27-57(56)63)44-28-30-45(31-29-44)64-53-23-8-5-20-49(53)50-21-6-9-24-54(50)64;/h1,3-12,15-34,37-38,41H,2,13-14,35-36H2;/q-3;/i35D2,36D2;. The Morgan fingerprint density at radius 2 is 1.10 bits per heavy atom. The molecule has 11 aromatic rings. The van der Waals surface area contributed by atoms with Gasteiger partial charge in [-0.1, -0.05) is 122 Å². The molecule has 0 radical (unpaired) electrons. The molecule has 13 rings (SSSR count). The van der Waals surface area contributed by atoms with E-state index in [0.717, 1.165) is 50.2 Å². The van der Waals surface area contributed by atoms with Crippen LogP contribution in [-0.2, 0) is 26.5 Å². The number of hydrogen-bond acceptors (Lipinski definition) is 4. The average molecular weight is 1050 g/mol. The minimum absolute atomic E-state index is 0. The summed E-state index contributed by atoms with van der Waals surface area (Å²) in [7, 11) is 0. The summed E-state index contributed by atoms with van der Waals surface area (Å²) in [5, 5.41) is 4.40. The number of benzene rings is 8. The smallest absolute Gasteiger partial charge is 0.135 e. The quantitative estimate of drug-likeness (QED) is 0.142. The van der Waals surface area contributed by atoms with Crippen LogP contribution in [0.15, 0.2) is 200 Å². The second-order valence-electron chi connectivity index (χ2n) is 16.9. The molecule has 0 N–H and O–H groups in total. The maximum atomic E-state index is 9.50. The number of ether oxygens (including phenoxy) is 1. The van der Waals surface area contributed by atoms with Crippen LogP contribution in [0.5, 0.6) is 11.5 Å². The van der Waals surface area contributed by atoms with Gasteiger partial charge in [0.25, 0.3) is 0 Å². The number of pyridine rings is 1. The minimum atomic E-state index is -1.89. The molecule has 67 heavy (non-hydrogen) atoms. The molecule has 0 saturated heterocycles. The fourth-order valence-corrected chi connectivity index (χ4v) is 10.1. The molecule has 0 unspecified atom stereocenters. The Bertz CT molecular complexity index is 3750. The number of anilines is 4. The monoisotopic (exact) mass is 1050 g/mol. The maximum Gasteiger partial charge on any atom is 0.135 e. The maximum absolute atomic E-state index is 9.50. The Balaban J connectivity index is 0.00000517. The molecule has 4 heterocycles. The van der Waals surface area contributed by atoms with E-state index >= 15 is 0 Å². The molecule has 328 valence electrons. The summed E-state index contributed by atoms with van der Waals surface area (Å²) < 4.78 is 49.0. The molecule has 0 atom stereocenters. The molecule has 0 amide bonds. The largest absolute Gasteiger partial charge is 0.509 e. The first-order valence-corrected chi connectivity index (χ1v) is 22.5. The zero-order valence-electron chi connectivity index (χ0n) is 40.2. The topological polar surface area (TPSA) is 38.5 Å². The van der Waals surface area contributed by atoms with E-state index in [9.17, 15) is 5.48 Å². The Morgan fingerprint density at radius 3 is 1.82 bits per heavy atom. The van der Waals surface area contributed by atoms with Crippen LogP contribution in [-0.4, -0.2) is 14.1 Å². The van der Waals surface area contributed by atoms with Crippen LogP contribution < -0.4 is 14.5 Å². The van der Waals surface area contributed by atoms with Crippen LogP contribution in [0.25, 0.3) is 55.1 Å². The molecule has 7 heteroatoms. The van der Waals surface area contributed by atoms with Gasteiger partial charge in [-0.15, -0.1) is 48.1 Å². The fourth-order valence-electron chi connectivity index (χ4n) is 10.1. The molecule has 1 fully saturated rings. The Morgan fingerprint density at radius 1 is 0.507 bits per heavy atom. The third-order valence-corrected chi connectivity index (χ3v) is 13.1. The van der Waals surface area contributed by atoms with Crippen molar-refractivity contribution in [3.63, 3.8) is 0 Å². The second-order valence-corrected chi connectivity index (χ2v) is 16.9. The first-order valence-electron chi connectivity index (χ1n) is 24.5. The summed E-state index contributed by atoms with van der Waals surface area (Å²) in [5.74, 6) is 1.53. The van der Waals surface area contributed by atoms with E-state index in [1.165, 1.54) is 21.8 Å². The van der Waals surface area contributed by atoms with E-state index in [0.29, 0.717) is 34.9 Å².